The van der Waals surface area contributed by atoms with Gasteiger partial charge in [0.05, 0.1) is 36.2 Å². The van der Waals surface area contributed by atoms with Gasteiger partial charge in [0.25, 0.3) is 0 Å². The third-order valence-electron chi connectivity index (χ3n) is 5.36. The molecular formula is C18H17F3N2O5. The number of halogens is 3. The molecule has 3 saturated heterocycles. The number of likely N-dealkylation sites (tertiary alicyclic amines) is 1. The fourth-order valence-corrected chi connectivity index (χ4v) is 4.15. The second-order valence-electron chi connectivity index (χ2n) is 7.01. The number of hydrogen-bond donors (Lipinski definition) is 1. The largest absolute Gasteiger partial charge is 0.447 e. The van der Waals surface area contributed by atoms with Gasteiger partial charge < -0.3 is 9.47 Å². The number of anilines is 1. The monoisotopic (exact) mass is 398 g/mol. The van der Waals surface area contributed by atoms with Crippen LogP contribution in [0.1, 0.15) is 18.4 Å². The number of amides is 3. The molecule has 0 saturated carbocycles. The number of benzene rings is 1. The van der Waals surface area contributed by atoms with E-state index in [4.69, 9.17) is 9.47 Å². The SMILES string of the molecule is O=C(Nc1cccc(C(F)(F)F)c1)OCCN1C(=O)C2C3CCC(O3)C2C1=O. The standard InChI is InChI=1S/C18H17F3N2O5/c19-18(20,21)9-2-1-3-10(8-9)22-17(26)27-7-6-23-15(24)13-11-4-5-12(28-11)14(13)16(23)25/h1-3,8,11-14H,4-7H2,(H,22,26). The van der Waals surface area contributed by atoms with Crippen LogP contribution in [0.25, 0.3) is 0 Å². The smallest absolute Gasteiger partial charge is 0.416 e. The number of nitrogens with one attached hydrogen (secondary N) is 1. The second-order valence-corrected chi connectivity index (χ2v) is 7.01. The van der Waals surface area contributed by atoms with E-state index in [0.29, 0.717) is 0 Å². The Bertz CT molecular complexity index is 800. The molecule has 3 fully saturated rings. The van der Waals surface area contributed by atoms with Gasteiger partial charge in [0.2, 0.25) is 11.8 Å². The zero-order valence-corrected chi connectivity index (χ0v) is 14.6. The predicted molar refractivity (Wildman–Crippen MR) is 88.0 cm³/mol. The molecule has 10 heteroatoms. The average molecular weight is 398 g/mol. The highest BCUT2D eigenvalue weighted by Crippen LogP contribution is 2.48. The van der Waals surface area contributed by atoms with Crippen molar-refractivity contribution in [3.05, 3.63) is 29.8 Å². The average Bonchev–Trinajstić information content (AvgIpc) is 3.30. The van der Waals surface area contributed by atoms with Crippen LogP contribution in [0.4, 0.5) is 23.7 Å². The molecule has 4 unspecified atom stereocenters. The van der Waals surface area contributed by atoms with Gasteiger partial charge in [-0.2, -0.15) is 13.2 Å². The number of hydrogen-bond acceptors (Lipinski definition) is 5. The minimum Gasteiger partial charge on any atom is -0.447 e. The Labute approximate surface area is 157 Å². The molecule has 150 valence electrons. The molecule has 0 aromatic heterocycles. The van der Waals surface area contributed by atoms with Crippen molar-refractivity contribution < 1.29 is 37.0 Å². The summed E-state index contributed by atoms with van der Waals surface area (Å²) in [7, 11) is 0. The van der Waals surface area contributed by atoms with Crippen molar-refractivity contribution in [1.82, 2.24) is 4.90 Å². The number of carbonyl (C=O) groups is 3. The number of fused-ring (bicyclic) bond motifs is 5. The van der Waals surface area contributed by atoms with Crippen LogP contribution in [0.15, 0.2) is 24.3 Å². The van der Waals surface area contributed by atoms with Gasteiger partial charge in [0.1, 0.15) is 6.61 Å². The molecule has 3 aliphatic heterocycles. The van der Waals surface area contributed by atoms with Crippen molar-refractivity contribution in [2.75, 3.05) is 18.5 Å². The number of ether oxygens (including phenoxy) is 2. The molecule has 4 atom stereocenters. The highest BCUT2D eigenvalue weighted by atomic mass is 19.4. The van der Waals surface area contributed by atoms with Crippen LogP contribution < -0.4 is 5.32 Å². The summed E-state index contributed by atoms with van der Waals surface area (Å²) < 4.78 is 48.6. The maximum Gasteiger partial charge on any atom is 0.416 e. The quantitative estimate of drug-likeness (QED) is 0.788. The van der Waals surface area contributed by atoms with Crippen molar-refractivity contribution in [3.8, 4) is 0 Å². The zero-order chi connectivity index (χ0) is 20.1. The van der Waals surface area contributed by atoms with Gasteiger partial charge in [0.15, 0.2) is 0 Å². The molecule has 1 aromatic carbocycles. The summed E-state index contributed by atoms with van der Waals surface area (Å²) in [5.41, 5.74) is -0.974. The van der Waals surface area contributed by atoms with E-state index in [1.807, 2.05) is 0 Å². The van der Waals surface area contributed by atoms with Gasteiger partial charge in [-0.05, 0) is 31.0 Å². The molecule has 1 N–H and O–H groups in total. The third kappa shape index (κ3) is 3.21. The van der Waals surface area contributed by atoms with Crippen molar-refractivity contribution in [1.29, 1.82) is 0 Å². The normalized spacial score (nSPS) is 28.6. The first-order valence-corrected chi connectivity index (χ1v) is 8.87. The van der Waals surface area contributed by atoms with Crippen LogP contribution in [0.2, 0.25) is 0 Å². The fraction of sp³-hybridized carbons (Fsp3) is 0.500. The van der Waals surface area contributed by atoms with E-state index in [2.05, 4.69) is 5.32 Å². The molecule has 1 aromatic rings. The molecule has 3 heterocycles. The maximum atomic E-state index is 12.7. The molecule has 4 rings (SSSR count). The summed E-state index contributed by atoms with van der Waals surface area (Å²) in [5, 5.41) is 2.20. The fourth-order valence-electron chi connectivity index (χ4n) is 4.15. The van der Waals surface area contributed by atoms with Crippen LogP contribution in [0, 0.1) is 11.8 Å². The van der Waals surface area contributed by atoms with Gasteiger partial charge in [-0.25, -0.2) is 4.79 Å². The summed E-state index contributed by atoms with van der Waals surface area (Å²) in [6, 6.07) is 4.12. The van der Waals surface area contributed by atoms with Gasteiger partial charge in [-0.15, -0.1) is 0 Å². The lowest BCUT2D eigenvalue weighted by molar-refractivity contribution is -0.143. The van der Waals surface area contributed by atoms with Crippen LogP contribution in [-0.4, -0.2) is 48.2 Å². The Morgan fingerprint density at radius 1 is 1.18 bits per heavy atom. The summed E-state index contributed by atoms with van der Waals surface area (Å²) >= 11 is 0. The summed E-state index contributed by atoms with van der Waals surface area (Å²) in [4.78, 5) is 37.8. The Morgan fingerprint density at radius 3 is 2.43 bits per heavy atom. The second kappa shape index (κ2) is 6.77. The van der Waals surface area contributed by atoms with E-state index in [-0.39, 0.29) is 42.9 Å². The van der Waals surface area contributed by atoms with Gasteiger partial charge in [-0.1, -0.05) is 6.07 Å². The van der Waals surface area contributed by atoms with Gasteiger partial charge >= 0.3 is 12.3 Å². The molecule has 3 aliphatic rings. The highest BCUT2D eigenvalue weighted by Gasteiger charge is 2.62. The number of imide groups is 1. The number of nitrogens with zero attached hydrogens (tertiary/aromatic N) is 1. The van der Waals surface area contributed by atoms with Crippen LogP contribution in [0.3, 0.4) is 0 Å². The Hall–Kier alpha value is -2.62. The maximum absolute atomic E-state index is 12.7. The van der Waals surface area contributed by atoms with Crippen molar-refractivity contribution in [3.63, 3.8) is 0 Å². The zero-order valence-electron chi connectivity index (χ0n) is 14.6. The number of rotatable bonds is 4. The van der Waals surface area contributed by atoms with Crippen LogP contribution in [0.5, 0.6) is 0 Å². The van der Waals surface area contributed by atoms with Gasteiger partial charge in [-0.3, -0.25) is 19.8 Å². The number of carbonyl (C=O) groups excluding carboxylic acids is 3. The summed E-state index contributed by atoms with van der Waals surface area (Å²) in [6.07, 6.45) is -4.42. The predicted octanol–water partition coefficient (Wildman–Crippen LogP) is 2.42. The molecular weight excluding hydrogens is 381 g/mol. The highest BCUT2D eigenvalue weighted by molar-refractivity contribution is 6.06. The Balaban J connectivity index is 1.29. The molecule has 3 amide bonds. The van der Waals surface area contributed by atoms with Crippen molar-refractivity contribution >= 4 is 23.6 Å². The first-order valence-electron chi connectivity index (χ1n) is 8.87. The van der Waals surface area contributed by atoms with E-state index in [9.17, 15) is 27.6 Å². The van der Waals surface area contributed by atoms with E-state index < -0.39 is 29.7 Å². The van der Waals surface area contributed by atoms with Crippen LogP contribution in [-0.2, 0) is 25.2 Å². The molecule has 0 radical (unpaired) electrons. The van der Waals surface area contributed by atoms with E-state index >= 15 is 0 Å². The lowest BCUT2D eigenvalue weighted by atomic mass is 9.81. The molecule has 28 heavy (non-hydrogen) atoms. The van der Waals surface area contributed by atoms with Crippen molar-refractivity contribution in [2.45, 2.75) is 31.2 Å². The summed E-state index contributed by atoms with van der Waals surface area (Å²) in [5.74, 6) is -1.54. The minimum absolute atomic E-state index is 0.0728. The van der Waals surface area contributed by atoms with E-state index in [1.54, 1.807) is 0 Å². The van der Waals surface area contributed by atoms with Crippen molar-refractivity contribution in [2.24, 2.45) is 11.8 Å². The molecule has 2 bridgehead atoms. The molecule has 0 spiro atoms. The minimum atomic E-state index is -4.53. The first kappa shape index (κ1) is 18.7. The molecule has 7 nitrogen and oxygen atoms in total. The van der Waals surface area contributed by atoms with Crippen LogP contribution >= 0.6 is 0 Å². The van der Waals surface area contributed by atoms with Gasteiger partial charge in [0, 0.05) is 5.69 Å². The third-order valence-corrected chi connectivity index (χ3v) is 5.36. The molecule has 0 aliphatic carbocycles. The lowest BCUT2D eigenvalue weighted by Gasteiger charge is -2.17. The van der Waals surface area contributed by atoms with E-state index in [1.165, 1.54) is 6.07 Å². The topological polar surface area (TPSA) is 84.9 Å². The Morgan fingerprint density at radius 2 is 1.82 bits per heavy atom. The van der Waals surface area contributed by atoms with E-state index in [0.717, 1.165) is 35.9 Å². The number of alkyl halides is 3. The first-order chi connectivity index (χ1) is 13.3. The Kier molecular flexibility index (Phi) is 4.53. The lowest BCUT2D eigenvalue weighted by Crippen LogP contribution is -2.37. The summed E-state index contributed by atoms with van der Waals surface area (Å²) in [6.45, 7) is -0.349.